The number of halogens is 4. The van der Waals surface area contributed by atoms with Crippen molar-refractivity contribution in [3.63, 3.8) is 0 Å². The lowest BCUT2D eigenvalue weighted by molar-refractivity contribution is 0.0574. The van der Waals surface area contributed by atoms with Gasteiger partial charge in [-0.3, -0.25) is 0 Å². The first-order valence-electron chi connectivity index (χ1n) is 5.91. The van der Waals surface area contributed by atoms with Crippen LogP contribution in [0.4, 0.5) is 4.39 Å². The van der Waals surface area contributed by atoms with Gasteiger partial charge >= 0.3 is 0 Å². The molecule has 0 bridgehead atoms. The lowest BCUT2D eigenvalue weighted by Crippen LogP contribution is -2.25. The van der Waals surface area contributed by atoms with Crippen molar-refractivity contribution in [1.29, 1.82) is 0 Å². The molecule has 0 saturated heterocycles. The summed E-state index contributed by atoms with van der Waals surface area (Å²) in [6.07, 6.45) is 0.338. The van der Waals surface area contributed by atoms with Crippen molar-refractivity contribution in [2.24, 2.45) is 0 Å². The van der Waals surface area contributed by atoms with E-state index in [1.807, 2.05) is 24.3 Å². The summed E-state index contributed by atoms with van der Waals surface area (Å²) in [5, 5.41) is 10.8. The van der Waals surface area contributed by atoms with Crippen molar-refractivity contribution in [2.75, 3.05) is 0 Å². The van der Waals surface area contributed by atoms with Crippen molar-refractivity contribution < 1.29 is 9.50 Å². The molecular weight excluding hydrogens is 413 g/mol. The van der Waals surface area contributed by atoms with Crippen molar-refractivity contribution >= 4 is 45.8 Å². The van der Waals surface area contributed by atoms with Gasteiger partial charge in [0.15, 0.2) is 0 Å². The highest BCUT2D eigenvalue weighted by atomic mass is 127. The summed E-state index contributed by atoms with van der Waals surface area (Å²) < 4.78 is 14.7. The van der Waals surface area contributed by atoms with Gasteiger partial charge in [-0.25, -0.2) is 4.39 Å². The average Bonchev–Trinajstić information content (AvgIpc) is 2.36. The van der Waals surface area contributed by atoms with Gasteiger partial charge in [0.05, 0.1) is 10.6 Å². The molecular formula is C15H12Cl2FIO. The first-order chi connectivity index (χ1) is 9.29. The summed E-state index contributed by atoms with van der Waals surface area (Å²) in [4.78, 5) is 0. The van der Waals surface area contributed by atoms with Gasteiger partial charge in [-0.1, -0.05) is 35.3 Å². The lowest BCUT2D eigenvalue weighted by atomic mass is 9.89. The molecule has 0 aromatic heterocycles. The molecule has 20 heavy (non-hydrogen) atoms. The lowest BCUT2D eigenvalue weighted by Gasteiger charge is -2.25. The van der Waals surface area contributed by atoms with E-state index in [1.54, 1.807) is 6.92 Å². The molecule has 1 N–H and O–H groups in total. The zero-order chi connectivity index (χ0) is 14.9. The predicted octanol–water partition coefficient (Wildman–Crippen LogP) is 5.19. The number of rotatable bonds is 3. The minimum absolute atomic E-state index is 0.0520. The Morgan fingerprint density at radius 3 is 2.35 bits per heavy atom. The van der Waals surface area contributed by atoms with E-state index in [9.17, 15) is 9.50 Å². The fourth-order valence-electron chi connectivity index (χ4n) is 2.03. The number of hydrogen-bond acceptors (Lipinski definition) is 1. The first-order valence-corrected chi connectivity index (χ1v) is 7.75. The SMILES string of the molecule is CC(O)(Cc1ccc(I)cc1)c1cc(F)c(Cl)cc1Cl. The second-order valence-corrected chi connectivity index (χ2v) is 6.88. The summed E-state index contributed by atoms with van der Waals surface area (Å²) in [7, 11) is 0. The second-order valence-electron chi connectivity index (χ2n) is 4.82. The van der Waals surface area contributed by atoms with Crippen LogP contribution in [0.15, 0.2) is 36.4 Å². The van der Waals surface area contributed by atoms with Crippen molar-refractivity contribution in [2.45, 2.75) is 18.9 Å². The highest BCUT2D eigenvalue weighted by Gasteiger charge is 2.27. The van der Waals surface area contributed by atoms with E-state index in [1.165, 1.54) is 12.1 Å². The molecule has 0 aliphatic heterocycles. The van der Waals surface area contributed by atoms with Gasteiger partial charge in [0.25, 0.3) is 0 Å². The van der Waals surface area contributed by atoms with Crippen LogP contribution in [0.5, 0.6) is 0 Å². The third-order valence-electron chi connectivity index (χ3n) is 3.05. The molecule has 106 valence electrons. The predicted molar refractivity (Wildman–Crippen MR) is 88.9 cm³/mol. The molecule has 0 amide bonds. The van der Waals surface area contributed by atoms with Crippen molar-refractivity contribution in [3.8, 4) is 0 Å². The molecule has 0 saturated carbocycles. The fraction of sp³-hybridized carbons (Fsp3) is 0.200. The Morgan fingerprint density at radius 2 is 1.75 bits per heavy atom. The summed E-state index contributed by atoms with van der Waals surface area (Å²) in [5.41, 5.74) is 0.0106. The molecule has 0 aliphatic carbocycles. The average molecular weight is 425 g/mol. The van der Waals surface area contributed by atoms with E-state index in [0.717, 1.165) is 9.13 Å². The van der Waals surface area contributed by atoms with E-state index in [-0.39, 0.29) is 10.0 Å². The molecule has 1 unspecified atom stereocenters. The van der Waals surface area contributed by atoms with Crippen LogP contribution in [0, 0.1) is 9.39 Å². The third kappa shape index (κ3) is 3.64. The molecule has 1 nitrogen and oxygen atoms in total. The van der Waals surface area contributed by atoms with Crippen LogP contribution in [-0.2, 0) is 12.0 Å². The van der Waals surface area contributed by atoms with Crippen molar-refractivity contribution in [1.82, 2.24) is 0 Å². The smallest absolute Gasteiger partial charge is 0.142 e. The Morgan fingerprint density at radius 1 is 1.15 bits per heavy atom. The van der Waals surface area contributed by atoms with Crippen LogP contribution < -0.4 is 0 Å². The molecule has 5 heteroatoms. The molecule has 0 fully saturated rings. The summed E-state index contributed by atoms with van der Waals surface area (Å²) in [6, 6.07) is 10.3. The molecule has 1 atom stereocenters. The largest absolute Gasteiger partial charge is 0.385 e. The van der Waals surface area contributed by atoms with E-state index in [0.29, 0.717) is 12.0 Å². The first kappa shape index (κ1) is 16.0. The number of aliphatic hydroxyl groups is 1. The van der Waals surface area contributed by atoms with Crippen LogP contribution in [0.2, 0.25) is 10.0 Å². The Balaban J connectivity index is 2.34. The monoisotopic (exact) mass is 424 g/mol. The Bertz CT molecular complexity index is 627. The van der Waals surface area contributed by atoms with E-state index in [2.05, 4.69) is 22.6 Å². The Hall–Kier alpha value is -0.360. The number of benzene rings is 2. The van der Waals surface area contributed by atoms with Crippen LogP contribution in [0.1, 0.15) is 18.1 Å². The molecule has 2 aromatic carbocycles. The van der Waals surface area contributed by atoms with Gasteiger partial charge < -0.3 is 5.11 Å². The molecule has 0 radical (unpaired) electrons. The van der Waals surface area contributed by atoms with Crippen LogP contribution >= 0.6 is 45.8 Å². The number of hydrogen-bond donors (Lipinski definition) is 1. The zero-order valence-electron chi connectivity index (χ0n) is 10.6. The van der Waals surface area contributed by atoms with Gasteiger partial charge in [0.2, 0.25) is 0 Å². The quantitative estimate of drug-likeness (QED) is 0.531. The Kier molecular flexibility index (Phi) is 4.95. The van der Waals surface area contributed by atoms with E-state index >= 15 is 0 Å². The van der Waals surface area contributed by atoms with Gasteiger partial charge in [-0.05, 0) is 59.3 Å². The van der Waals surface area contributed by atoms with Crippen LogP contribution in [0.25, 0.3) is 0 Å². The standard InChI is InChI=1S/C15H12Cl2FIO/c1-15(20,8-9-2-4-10(19)5-3-9)11-6-14(18)13(17)7-12(11)16/h2-7,20H,8H2,1H3. The van der Waals surface area contributed by atoms with Gasteiger partial charge in [0.1, 0.15) is 5.82 Å². The topological polar surface area (TPSA) is 20.2 Å². The van der Waals surface area contributed by atoms with Crippen LogP contribution in [0.3, 0.4) is 0 Å². The Labute approximate surface area is 140 Å². The van der Waals surface area contributed by atoms with Gasteiger partial charge in [-0.15, -0.1) is 0 Å². The summed E-state index contributed by atoms with van der Waals surface area (Å²) in [5.74, 6) is -0.589. The van der Waals surface area contributed by atoms with Gasteiger partial charge in [0, 0.05) is 20.6 Å². The molecule has 0 aliphatic rings. The maximum Gasteiger partial charge on any atom is 0.142 e. The minimum atomic E-state index is -1.27. The zero-order valence-corrected chi connectivity index (χ0v) is 14.3. The molecule has 2 rings (SSSR count). The van der Waals surface area contributed by atoms with E-state index in [4.69, 9.17) is 23.2 Å². The van der Waals surface area contributed by atoms with Crippen molar-refractivity contribution in [3.05, 3.63) is 67.0 Å². The summed E-state index contributed by atoms with van der Waals surface area (Å²) in [6.45, 7) is 1.61. The highest BCUT2D eigenvalue weighted by molar-refractivity contribution is 14.1. The molecule has 2 aromatic rings. The fourth-order valence-corrected chi connectivity index (χ4v) is 2.98. The minimum Gasteiger partial charge on any atom is -0.385 e. The molecule has 0 heterocycles. The maximum absolute atomic E-state index is 13.6. The van der Waals surface area contributed by atoms with Crippen LogP contribution in [-0.4, -0.2) is 5.11 Å². The third-order valence-corrected chi connectivity index (χ3v) is 4.37. The summed E-state index contributed by atoms with van der Waals surface area (Å²) >= 11 is 13.9. The maximum atomic E-state index is 13.6. The van der Waals surface area contributed by atoms with Gasteiger partial charge in [-0.2, -0.15) is 0 Å². The van der Waals surface area contributed by atoms with E-state index < -0.39 is 11.4 Å². The normalized spacial score (nSPS) is 14.1. The highest BCUT2D eigenvalue weighted by Crippen LogP contribution is 2.34. The second kappa shape index (κ2) is 6.18. The molecule has 0 spiro atoms.